The van der Waals surface area contributed by atoms with E-state index in [4.69, 9.17) is 5.26 Å². The summed E-state index contributed by atoms with van der Waals surface area (Å²) >= 11 is 0. The number of nitrogens with zero attached hydrogens (tertiary/aromatic N) is 1. The molecule has 0 heterocycles. The highest BCUT2D eigenvalue weighted by molar-refractivity contribution is 5.78. The summed E-state index contributed by atoms with van der Waals surface area (Å²) in [6.07, 6.45) is 6.05. The van der Waals surface area contributed by atoms with Gasteiger partial charge in [-0.1, -0.05) is 6.08 Å². The topological polar surface area (TPSA) is 50.1 Å². The van der Waals surface area contributed by atoms with Gasteiger partial charge in [-0.05, 0) is 31.3 Å². The van der Waals surface area contributed by atoms with Gasteiger partial charge in [-0.3, -0.25) is 4.79 Å². The molecule has 3 nitrogen and oxygen atoms in total. The SMILES string of the molecule is COC(=O)[C@@H](C#N)C1=CCCCC1. The van der Waals surface area contributed by atoms with Crippen molar-refractivity contribution in [1.82, 2.24) is 0 Å². The summed E-state index contributed by atoms with van der Waals surface area (Å²) in [4.78, 5) is 11.2. The van der Waals surface area contributed by atoms with Crippen LogP contribution in [0.15, 0.2) is 11.6 Å². The molecule has 1 aliphatic rings. The Morgan fingerprint density at radius 3 is 2.92 bits per heavy atom. The van der Waals surface area contributed by atoms with Gasteiger partial charge in [0, 0.05) is 0 Å². The van der Waals surface area contributed by atoms with E-state index < -0.39 is 11.9 Å². The summed E-state index contributed by atoms with van der Waals surface area (Å²) in [7, 11) is 1.32. The summed E-state index contributed by atoms with van der Waals surface area (Å²) in [5.74, 6) is -1.11. The van der Waals surface area contributed by atoms with E-state index in [1.807, 2.05) is 12.1 Å². The maximum absolute atomic E-state index is 11.2. The lowest BCUT2D eigenvalue weighted by atomic mass is 9.90. The van der Waals surface area contributed by atoms with Crippen molar-refractivity contribution < 1.29 is 9.53 Å². The van der Waals surface area contributed by atoms with Gasteiger partial charge in [0.05, 0.1) is 13.2 Å². The molecule has 0 aromatic carbocycles. The van der Waals surface area contributed by atoms with Crippen molar-refractivity contribution in [2.45, 2.75) is 25.7 Å². The van der Waals surface area contributed by atoms with Crippen LogP contribution in [-0.2, 0) is 9.53 Å². The zero-order valence-corrected chi connectivity index (χ0v) is 7.75. The van der Waals surface area contributed by atoms with Gasteiger partial charge in [-0.15, -0.1) is 0 Å². The number of carbonyl (C=O) groups excluding carboxylic acids is 1. The van der Waals surface area contributed by atoms with Crippen LogP contribution in [-0.4, -0.2) is 13.1 Å². The van der Waals surface area contributed by atoms with Crippen molar-refractivity contribution in [3.8, 4) is 6.07 Å². The predicted molar refractivity (Wildman–Crippen MR) is 47.7 cm³/mol. The number of hydrogen-bond donors (Lipinski definition) is 0. The highest BCUT2D eigenvalue weighted by Crippen LogP contribution is 2.24. The van der Waals surface area contributed by atoms with Gasteiger partial charge in [0.25, 0.3) is 0 Å². The molecule has 0 aromatic heterocycles. The minimum absolute atomic E-state index is 0.435. The van der Waals surface area contributed by atoms with E-state index >= 15 is 0 Å². The monoisotopic (exact) mass is 179 g/mol. The first kappa shape index (κ1) is 9.79. The van der Waals surface area contributed by atoms with Gasteiger partial charge in [-0.2, -0.15) is 5.26 Å². The number of rotatable bonds is 2. The average Bonchev–Trinajstić information content (AvgIpc) is 2.20. The molecule has 0 radical (unpaired) electrons. The summed E-state index contributed by atoms with van der Waals surface area (Å²) in [6.45, 7) is 0. The molecular weight excluding hydrogens is 166 g/mol. The number of methoxy groups -OCH3 is 1. The van der Waals surface area contributed by atoms with Gasteiger partial charge in [-0.25, -0.2) is 0 Å². The maximum Gasteiger partial charge on any atom is 0.327 e. The molecule has 70 valence electrons. The number of hydrogen-bond acceptors (Lipinski definition) is 3. The third kappa shape index (κ3) is 2.32. The summed E-state index contributed by atoms with van der Waals surface area (Å²) in [6, 6.07) is 1.98. The molecule has 0 fully saturated rings. The van der Waals surface area contributed by atoms with Crippen LogP contribution in [0.4, 0.5) is 0 Å². The molecule has 1 aliphatic carbocycles. The number of carbonyl (C=O) groups is 1. The van der Waals surface area contributed by atoms with Gasteiger partial charge >= 0.3 is 5.97 Å². The van der Waals surface area contributed by atoms with Crippen LogP contribution >= 0.6 is 0 Å². The minimum atomic E-state index is -0.676. The minimum Gasteiger partial charge on any atom is -0.468 e. The molecule has 1 atom stereocenters. The number of allylic oxidation sites excluding steroid dienone is 1. The van der Waals surface area contributed by atoms with Crippen LogP contribution in [0, 0.1) is 17.2 Å². The standard InChI is InChI=1S/C10H13NO2/c1-13-10(12)9(7-11)8-5-3-2-4-6-8/h5,9H,2-4,6H2,1H3/t9-/m0/s1. The Morgan fingerprint density at radius 1 is 1.69 bits per heavy atom. The fourth-order valence-corrected chi connectivity index (χ4v) is 1.53. The lowest BCUT2D eigenvalue weighted by molar-refractivity contribution is -0.142. The molecule has 13 heavy (non-hydrogen) atoms. The Morgan fingerprint density at radius 2 is 2.46 bits per heavy atom. The summed E-state index contributed by atoms with van der Waals surface area (Å²) in [5, 5.41) is 8.79. The van der Waals surface area contributed by atoms with Crippen LogP contribution in [0.1, 0.15) is 25.7 Å². The van der Waals surface area contributed by atoms with Crippen LogP contribution in [0.2, 0.25) is 0 Å². The second kappa shape index (κ2) is 4.66. The van der Waals surface area contributed by atoms with Gasteiger partial charge in [0.15, 0.2) is 5.92 Å². The summed E-state index contributed by atoms with van der Waals surface area (Å²) in [5.41, 5.74) is 0.931. The molecule has 3 heteroatoms. The Labute approximate surface area is 78.0 Å². The normalized spacial score (nSPS) is 18.3. The molecule has 0 unspecified atom stereocenters. The van der Waals surface area contributed by atoms with Crippen LogP contribution in [0.25, 0.3) is 0 Å². The largest absolute Gasteiger partial charge is 0.468 e. The third-order valence-electron chi connectivity index (χ3n) is 2.26. The van der Waals surface area contributed by atoms with Gasteiger partial charge in [0.2, 0.25) is 0 Å². The van der Waals surface area contributed by atoms with E-state index in [1.165, 1.54) is 7.11 Å². The molecule has 0 saturated carbocycles. The van der Waals surface area contributed by atoms with Gasteiger partial charge < -0.3 is 4.74 Å². The highest BCUT2D eigenvalue weighted by Gasteiger charge is 2.23. The average molecular weight is 179 g/mol. The van der Waals surface area contributed by atoms with Crippen molar-refractivity contribution >= 4 is 5.97 Å². The molecule has 0 amide bonds. The molecule has 0 spiro atoms. The van der Waals surface area contributed by atoms with E-state index in [1.54, 1.807) is 0 Å². The van der Waals surface area contributed by atoms with E-state index in [0.717, 1.165) is 31.3 Å². The number of nitriles is 1. The lowest BCUT2D eigenvalue weighted by Crippen LogP contribution is -2.17. The Hall–Kier alpha value is -1.30. The third-order valence-corrected chi connectivity index (χ3v) is 2.26. The first-order chi connectivity index (χ1) is 6.29. The van der Waals surface area contributed by atoms with Crippen LogP contribution in [0.3, 0.4) is 0 Å². The molecule has 0 N–H and O–H groups in total. The first-order valence-corrected chi connectivity index (χ1v) is 4.46. The Kier molecular flexibility index (Phi) is 3.51. The lowest BCUT2D eigenvalue weighted by Gasteiger charge is -2.15. The Balaban J connectivity index is 2.72. The molecule has 0 aromatic rings. The zero-order chi connectivity index (χ0) is 9.68. The number of esters is 1. The molecular formula is C10H13NO2. The van der Waals surface area contributed by atoms with Crippen LogP contribution in [0.5, 0.6) is 0 Å². The van der Waals surface area contributed by atoms with Crippen molar-refractivity contribution in [3.05, 3.63) is 11.6 Å². The second-order valence-electron chi connectivity index (χ2n) is 3.11. The maximum atomic E-state index is 11.2. The van der Waals surface area contributed by atoms with Crippen molar-refractivity contribution in [2.24, 2.45) is 5.92 Å². The molecule has 0 aliphatic heterocycles. The van der Waals surface area contributed by atoms with Gasteiger partial charge in [0.1, 0.15) is 0 Å². The van der Waals surface area contributed by atoms with Crippen LogP contribution < -0.4 is 0 Å². The summed E-state index contributed by atoms with van der Waals surface area (Å²) < 4.78 is 4.55. The van der Waals surface area contributed by atoms with E-state index in [9.17, 15) is 4.79 Å². The van der Waals surface area contributed by atoms with Crippen molar-refractivity contribution in [1.29, 1.82) is 5.26 Å². The van der Waals surface area contributed by atoms with E-state index in [0.29, 0.717) is 0 Å². The van der Waals surface area contributed by atoms with E-state index in [-0.39, 0.29) is 0 Å². The Bertz CT molecular complexity index is 263. The second-order valence-corrected chi connectivity index (χ2v) is 3.11. The quantitative estimate of drug-likeness (QED) is 0.479. The molecule has 1 rings (SSSR count). The number of ether oxygens (including phenoxy) is 1. The molecule has 0 bridgehead atoms. The van der Waals surface area contributed by atoms with Crippen molar-refractivity contribution in [2.75, 3.05) is 7.11 Å². The fraction of sp³-hybridized carbons (Fsp3) is 0.600. The fourth-order valence-electron chi connectivity index (χ4n) is 1.53. The van der Waals surface area contributed by atoms with Crippen molar-refractivity contribution in [3.63, 3.8) is 0 Å². The molecule has 0 saturated heterocycles. The highest BCUT2D eigenvalue weighted by atomic mass is 16.5. The van der Waals surface area contributed by atoms with E-state index in [2.05, 4.69) is 4.74 Å². The first-order valence-electron chi connectivity index (χ1n) is 4.46. The smallest absolute Gasteiger partial charge is 0.327 e. The predicted octanol–water partition coefficient (Wildman–Crippen LogP) is 1.80. The zero-order valence-electron chi connectivity index (χ0n) is 7.75.